The Kier molecular flexibility index (Phi) is 10.1. The van der Waals surface area contributed by atoms with Crippen molar-refractivity contribution in [3.8, 4) is 0 Å². The van der Waals surface area contributed by atoms with E-state index < -0.39 is 0 Å². The number of unbranched alkanes of at least 4 members (excludes halogenated alkanes) is 3. The molecule has 0 aromatic carbocycles. The van der Waals surface area contributed by atoms with E-state index in [4.69, 9.17) is 5.73 Å². The molecule has 0 aliphatic heterocycles. The molecule has 2 atom stereocenters. The molecule has 3 heteroatoms. The second kappa shape index (κ2) is 8.99. The van der Waals surface area contributed by atoms with E-state index in [1.54, 1.807) is 0 Å². The topological polar surface area (TPSA) is 26.0 Å². The van der Waals surface area contributed by atoms with Crippen molar-refractivity contribution < 1.29 is 0 Å². The number of nitrogens with two attached hydrogens (primary N) is 1. The van der Waals surface area contributed by atoms with Crippen molar-refractivity contribution in [3.63, 3.8) is 0 Å². The van der Waals surface area contributed by atoms with Crippen LogP contribution in [0.4, 0.5) is 0 Å². The summed E-state index contributed by atoms with van der Waals surface area (Å²) in [7, 11) is 0. The van der Waals surface area contributed by atoms with Gasteiger partial charge in [0.2, 0.25) is 0 Å². The van der Waals surface area contributed by atoms with E-state index in [1.165, 1.54) is 36.5 Å². The third-order valence-electron chi connectivity index (χ3n) is 1.93. The Balaban J connectivity index is 3.08. The van der Waals surface area contributed by atoms with Crippen LogP contribution in [-0.2, 0) is 0 Å². The second-order valence-electron chi connectivity index (χ2n) is 3.27. The molecular formula is C9H19I2N. The van der Waals surface area contributed by atoms with Gasteiger partial charge in [0.25, 0.3) is 0 Å². The van der Waals surface area contributed by atoms with Crippen molar-refractivity contribution in [1.82, 2.24) is 0 Å². The first-order valence-electron chi connectivity index (χ1n) is 4.64. The fourth-order valence-corrected chi connectivity index (χ4v) is 2.03. The molecule has 0 bridgehead atoms. The molecule has 0 aromatic heterocycles. The summed E-state index contributed by atoms with van der Waals surface area (Å²) in [5, 5.41) is 0. The maximum atomic E-state index is 5.77. The lowest BCUT2D eigenvalue weighted by Gasteiger charge is -2.12. The van der Waals surface area contributed by atoms with E-state index in [-0.39, 0.29) is 0 Å². The largest absolute Gasteiger partial charge is 0.327 e. The molecule has 0 radical (unpaired) electrons. The van der Waals surface area contributed by atoms with Gasteiger partial charge in [-0.15, -0.1) is 0 Å². The predicted octanol–water partition coefficient (Wildman–Crippen LogP) is 3.52. The SMILES string of the molecule is CC(N)C(I)CCCCCCI. The van der Waals surface area contributed by atoms with Crippen LogP contribution in [0.15, 0.2) is 0 Å². The van der Waals surface area contributed by atoms with Gasteiger partial charge in [0.1, 0.15) is 0 Å². The van der Waals surface area contributed by atoms with Gasteiger partial charge >= 0.3 is 0 Å². The van der Waals surface area contributed by atoms with Crippen molar-refractivity contribution in [1.29, 1.82) is 0 Å². The standard InChI is InChI=1S/C9H19I2N/c1-8(12)9(11)6-4-2-3-5-7-10/h8-9H,2-7,12H2,1H3. The Bertz CT molecular complexity index is 96.5. The molecule has 12 heavy (non-hydrogen) atoms. The average molecular weight is 395 g/mol. The first-order valence-corrected chi connectivity index (χ1v) is 7.41. The third kappa shape index (κ3) is 8.04. The molecule has 2 N–H and O–H groups in total. The van der Waals surface area contributed by atoms with Crippen LogP contribution in [0, 0.1) is 0 Å². The van der Waals surface area contributed by atoms with Crippen molar-refractivity contribution in [2.45, 2.75) is 49.0 Å². The van der Waals surface area contributed by atoms with Gasteiger partial charge in [0.15, 0.2) is 0 Å². The molecule has 0 saturated carbocycles. The zero-order chi connectivity index (χ0) is 9.40. The van der Waals surface area contributed by atoms with E-state index >= 15 is 0 Å². The maximum absolute atomic E-state index is 5.77. The minimum absolute atomic E-state index is 0.357. The molecule has 74 valence electrons. The minimum atomic E-state index is 0.357. The van der Waals surface area contributed by atoms with Gasteiger partial charge < -0.3 is 5.73 Å². The van der Waals surface area contributed by atoms with Gasteiger partial charge in [-0.3, -0.25) is 0 Å². The van der Waals surface area contributed by atoms with Crippen LogP contribution in [0.2, 0.25) is 0 Å². The number of alkyl halides is 2. The normalized spacial score (nSPS) is 16.0. The lowest BCUT2D eigenvalue weighted by atomic mass is 10.1. The quantitative estimate of drug-likeness (QED) is 0.399. The molecular weight excluding hydrogens is 376 g/mol. The molecule has 0 aliphatic rings. The Morgan fingerprint density at radius 2 is 1.75 bits per heavy atom. The molecule has 1 nitrogen and oxygen atoms in total. The molecule has 0 spiro atoms. The summed E-state index contributed by atoms with van der Waals surface area (Å²) in [6.07, 6.45) is 6.80. The van der Waals surface area contributed by atoms with Crippen LogP contribution < -0.4 is 5.73 Å². The number of rotatable bonds is 7. The highest BCUT2D eigenvalue weighted by atomic mass is 127. The number of hydrogen-bond acceptors (Lipinski definition) is 1. The monoisotopic (exact) mass is 395 g/mol. The smallest absolute Gasteiger partial charge is 0.0258 e. The van der Waals surface area contributed by atoms with Crippen molar-refractivity contribution >= 4 is 45.2 Å². The molecule has 0 saturated heterocycles. The summed E-state index contributed by atoms with van der Waals surface area (Å²) >= 11 is 4.91. The molecule has 0 fully saturated rings. The van der Waals surface area contributed by atoms with Crippen LogP contribution in [0.25, 0.3) is 0 Å². The molecule has 2 unspecified atom stereocenters. The van der Waals surface area contributed by atoms with Gasteiger partial charge in [-0.05, 0) is 24.2 Å². The molecule has 0 aliphatic carbocycles. The maximum Gasteiger partial charge on any atom is 0.0258 e. The fraction of sp³-hybridized carbons (Fsp3) is 1.00. The highest BCUT2D eigenvalue weighted by Gasteiger charge is 2.07. The first-order chi connectivity index (χ1) is 5.68. The zero-order valence-electron chi connectivity index (χ0n) is 7.73. The van der Waals surface area contributed by atoms with E-state index in [0.717, 1.165) is 0 Å². The molecule has 0 rings (SSSR count). The highest BCUT2D eigenvalue weighted by Crippen LogP contribution is 2.14. The summed E-state index contributed by atoms with van der Waals surface area (Å²) in [6, 6.07) is 0.357. The third-order valence-corrected chi connectivity index (χ3v) is 4.45. The van der Waals surface area contributed by atoms with Gasteiger partial charge in [-0.2, -0.15) is 0 Å². The van der Waals surface area contributed by atoms with E-state index in [1.807, 2.05) is 0 Å². The van der Waals surface area contributed by atoms with E-state index in [0.29, 0.717) is 9.97 Å². The Morgan fingerprint density at radius 1 is 1.17 bits per heavy atom. The van der Waals surface area contributed by atoms with Crippen LogP contribution in [0.1, 0.15) is 39.0 Å². The van der Waals surface area contributed by atoms with Crippen molar-refractivity contribution in [2.75, 3.05) is 4.43 Å². The first kappa shape index (κ1) is 13.4. The van der Waals surface area contributed by atoms with Crippen LogP contribution in [0.3, 0.4) is 0 Å². The summed E-state index contributed by atoms with van der Waals surface area (Å²) in [5.41, 5.74) is 5.77. The molecule has 0 amide bonds. The lowest BCUT2D eigenvalue weighted by Crippen LogP contribution is -2.26. The fourth-order valence-electron chi connectivity index (χ4n) is 1.05. The summed E-state index contributed by atoms with van der Waals surface area (Å²) in [4.78, 5) is 0. The van der Waals surface area contributed by atoms with Crippen LogP contribution in [0.5, 0.6) is 0 Å². The second-order valence-corrected chi connectivity index (χ2v) is 5.95. The lowest BCUT2D eigenvalue weighted by molar-refractivity contribution is 0.589. The van der Waals surface area contributed by atoms with Gasteiger partial charge in [-0.25, -0.2) is 0 Å². The minimum Gasteiger partial charge on any atom is -0.327 e. The van der Waals surface area contributed by atoms with Gasteiger partial charge in [0, 0.05) is 9.97 Å². The summed E-state index contributed by atoms with van der Waals surface area (Å²) in [5.74, 6) is 0. The van der Waals surface area contributed by atoms with E-state index in [9.17, 15) is 0 Å². The van der Waals surface area contributed by atoms with E-state index in [2.05, 4.69) is 52.1 Å². The zero-order valence-corrected chi connectivity index (χ0v) is 12.0. The van der Waals surface area contributed by atoms with Crippen molar-refractivity contribution in [3.05, 3.63) is 0 Å². The highest BCUT2D eigenvalue weighted by molar-refractivity contribution is 14.1. The molecule has 0 heterocycles. The van der Waals surface area contributed by atoms with Crippen molar-refractivity contribution in [2.24, 2.45) is 5.73 Å². The van der Waals surface area contributed by atoms with Gasteiger partial charge in [-0.1, -0.05) is 64.4 Å². The van der Waals surface area contributed by atoms with Crippen LogP contribution in [-0.4, -0.2) is 14.4 Å². The average Bonchev–Trinajstić information content (AvgIpc) is 2.03. The Labute approximate surface area is 104 Å². The number of halogens is 2. The van der Waals surface area contributed by atoms with Crippen LogP contribution >= 0.6 is 45.2 Å². The Hall–Kier alpha value is 1.42. The predicted molar refractivity (Wildman–Crippen MR) is 73.4 cm³/mol. The molecule has 0 aromatic rings. The summed E-state index contributed by atoms with van der Waals surface area (Å²) in [6.45, 7) is 2.10. The van der Waals surface area contributed by atoms with Gasteiger partial charge in [0.05, 0.1) is 0 Å². The number of hydrogen-bond donors (Lipinski definition) is 1. The summed E-state index contributed by atoms with van der Waals surface area (Å²) < 4.78 is 1.97. The Morgan fingerprint density at radius 3 is 2.25 bits per heavy atom.